The Morgan fingerprint density at radius 1 is 0.875 bits per heavy atom. The highest BCUT2D eigenvalue weighted by atomic mass is 32.2. The van der Waals surface area contributed by atoms with E-state index >= 15 is 0 Å². The van der Waals surface area contributed by atoms with E-state index in [0.717, 1.165) is 0 Å². The van der Waals surface area contributed by atoms with Crippen molar-refractivity contribution in [3.8, 4) is 11.3 Å². The van der Waals surface area contributed by atoms with E-state index in [1.807, 2.05) is 11.8 Å². The van der Waals surface area contributed by atoms with Gasteiger partial charge >= 0.3 is 0 Å². The van der Waals surface area contributed by atoms with Gasteiger partial charge < -0.3 is 0 Å². The molecule has 0 unspecified atom stereocenters. The minimum atomic E-state index is -1.67. The lowest BCUT2D eigenvalue weighted by Gasteiger charge is -2.33. The van der Waals surface area contributed by atoms with Crippen molar-refractivity contribution in [2.45, 2.75) is 29.8 Å². The zero-order chi connectivity index (χ0) is 16.9. The Hall–Kier alpha value is -1.84. The van der Waals surface area contributed by atoms with Crippen molar-refractivity contribution in [1.82, 2.24) is 0 Å². The first-order valence-corrected chi connectivity index (χ1v) is 12.2. The summed E-state index contributed by atoms with van der Waals surface area (Å²) in [5, 5.41) is 3.13. The van der Waals surface area contributed by atoms with Crippen LogP contribution in [-0.2, 0) is 7.05 Å². The first-order chi connectivity index (χ1) is 11.5. The van der Waals surface area contributed by atoms with Gasteiger partial charge in [0, 0.05) is 27.5 Å². The highest BCUT2D eigenvalue weighted by Gasteiger charge is 2.35. The number of rotatable bonds is 1. The van der Waals surface area contributed by atoms with E-state index in [1.54, 1.807) is 10.4 Å². The van der Waals surface area contributed by atoms with E-state index in [1.165, 1.54) is 26.6 Å². The van der Waals surface area contributed by atoms with Gasteiger partial charge in [0.15, 0.2) is 6.20 Å². The van der Waals surface area contributed by atoms with Crippen molar-refractivity contribution in [2.75, 3.05) is 0 Å². The van der Waals surface area contributed by atoms with Crippen molar-refractivity contribution in [3.05, 3.63) is 66.4 Å². The summed E-state index contributed by atoms with van der Waals surface area (Å²) in [5.74, 6) is 0. The lowest BCUT2D eigenvalue weighted by atomic mass is 10.0. The number of pyridine rings is 1. The topological polar surface area (TPSA) is 3.88 Å². The molecule has 0 radical (unpaired) electrons. The van der Waals surface area contributed by atoms with Crippen LogP contribution in [0.25, 0.3) is 11.3 Å². The van der Waals surface area contributed by atoms with Gasteiger partial charge in [0.05, 0.1) is 0 Å². The van der Waals surface area contributed by atoms with Crippen LogP contribution in [0.1, 0.15) is 5.56 Å². The Labute approximate surface area is 149 Å². The molecule has 0 atom stereocenters. The van der Waals surface area contributed by atoms with Gasteiger partial charge in [-0.15, -0.1) is 0 Å². The molecule has 0 aliphatic carbocycles. The normalized spacial score (nSPS) is 14.8. The maximum Gasteiger partial charge on any atom is 0.212 e. The first kappa shape index (κ1) is 15.7. The Kier molecular flexibility index (Phi) is 3.66. The van der Waals surface area contributed by atoms with Gasteiger partial charge in [0.2, 0.25) is 5.69 Å². The molecule has 0 spiro atoms. The number of aromatic nitrogens is 1. The number of hydrogen-bond acceptors (Lipinski definition) is 1. The predicted octanol–water partition coefficient (Wildman–Crippen LogP) is 3.77. The maximum atomic E-state index is 2.48. The van der Waals surface area contributed by atoms with Crippen molar-refractivity contribution < 1.29 is 4.57 Å². The van der Waals surface area contributed by atoms with E-state index in [9.17, 15) is 0 Å². The molecule has 2 heterocycles. The van der Waals surface area contributed by atoms with Crippen LogP contribution in [0.3, 0.4) is 0 Å². The number of hydrogen-bond donors (Lipinski definition) is 0. The predicted molar refractivity (Wildman–Crippen MR) is 105 cm³/mol. The maximum absolute atomic E-state index is 2.48. The molecule has 1 aliphatic rings. The van der Waals surface area contributed by atoms with E-state index in [-0.39, 0.29) is 0 Å². The van der Waals surface area contributed by atoms with E-state index < -0.39 is 8.07 Å². The Morgan fingerprint density at radius 2 is 1.62 bits per heavy atom. The van der Waals surface area contributed by atoms with Crippen LogP contribution in [0.15, 0.2) is 70.6 Å². The molecule has 120 valence electrons. The Morgan fingerprint density at radius 3 is 2.42 bits per heavy atom. The highest BCUT2D eigenvalue weighted by molar-refractivity contribution is 8.00. The minimum Gasteiger partial charge on any atom is -0.201 e. The van der Waals surface area contributed by atoms with Crippen LogP contribution in [0.5, 0.6) is 0 Å². The summed E-state index contributed by atoms with van der Waals surface area (Å²) in [4.78, 5) is 2.89. The standard InChI is InChI=1S/C21H22NSSi/c1-15-13-19-21(14-16(15)17-9-7-8-12-22(17)2)24(3,4)20-11-6-5-10-18(20)23-19/h5-14H,1-4H3/q+1. The fraction of sp³-hybridized carbons (Fsp3) is 0.190. The molecule has 1 aliphatic heterocycles. The monoisotopic (exact) mass is 348 g/mol. The van der Waals surface area contributed by atoms with Crippen molar-refractivity contribution >= 4 is 30.2 Å². The molecule has 0 fully saturated rings. The van der Waals surface area contributed by atoms with Crippen LogP contribution >= 0.6 is 11.8 Å². The van der Waals surface area contributed by atoms with Crippen molar-refractivity contribution in [3.63, 3.8) is 0 Å². The summed E-state index contributed by atoms with van der Waals surface area (Å²) in [7, 11) is 0.459. The largest absolute Gasteiger partial charge is 0.212 e. The van der Waals surface area contributed by atoms with Crippen molar-refractivity contribution in [2.24, 2.45) is 7.05 Å². The average Bonchev–Trinajstić information content (AvgIpc) is 2.55. The molecule has 0 saturated heterocycles. The third-order valence-electron chi connectivity index (χ3n) is 5.11. The van der Waals surface area contributed by atoms with Gasteiger partial charge in [-0.3, -0.25) is 0 Å². The molecule has 0 amide bonds. The molecular weight excluding hydrogens is 326 g/mol. The van der Waals surface area contributed by atoms with E-state index in [2.05, 4.69) is 92.4 Å². The summed E-state index contributed by atoms with van der Waals surface area (Å²) in [6.45, 7) is 7.20. The molecule has 0 bridgehead atoms. The zero-order valence-electron chi connectivity index (χ0n) is 14.6. The highest BCUT2D eigenvalue weighted by Crippen LogP contribution is 2.35. The Balaban J connectivity index is 1.95. The van der Waals surface area contributed by atoms with Gasteiger partial charge in [0.1, 0.15) is 15.1 Å². The number of aryl methyl sites for hydroxylation is 2. The van der Waals surface area contributed by atoms with Gasteiger partial charge in [-0.05, 0) is 47.1 Å². The van der Waals surface area contributed by atoms with Crippen LogP contribution < -0.4 is 14.9 Å². The smallest absolute Gasteiger partial charge is 0.201 e. The molecule has 0 N–H and O–H groups in total. The molecule has 24 heavy (non-hydrogen) atoms. The molecule has 3 aromatic rings. The first-order valence-electron chi connectivity index (χ1n) is 8.36. The quantitative estimate of drug-likeness (QED) is 0.478. The fourth-order valence-electron chi connectivity index (χ4n) is 3.67. The summed E-state index contributed by atoms with van der Waals surface area (Å²) in [6, 6.07) is 20.2. The molecule has 0 saturated carbocycles. The van der Waals surface area contributed by atoms with Crippen LogP contribution in [0, 0.1) is 6.92 Å². The van der Waals surface area contributed by atoms with Crippen LogP contribution in [0.2, 0.25) is 13.1 Å². The zero-order valence-corrected chi connectivity index (χ0v) is 16.4. The molecule has 1 nitrogen and oxygen atoms in total. The third kappa shape index (κ3) is 2.35. The minimum absolute atomic E-state index is 1.28. The lowest BCUT2D eigenvalue weighted by molar-refractivity contribution is -0.660. The Bertz CT molecular complexity index is 946. The van der Waals surface area contributed by atoms with Gasteiger partial charge in [-0.1, -0.05) is 43.1 Å². The molecule has 2 aromatic carbocycles. The number of nitrogens with zero attached hydrogens (tertiary/aromatic N) is 1. The third-order valence-corrected chi connectivity index (χ3v) is 10.2. The molecular formula is C21H22NSSi+. The summed E-state index contributed by atoms with van der Waals surface area (Å²) >= 11 is 1.93. The lowest BCUT2D eigenvalue weighted by Crippen LogP contribution is -2.56. The summed E-state index contributed by atoms with van der Waals surface area (Å²) in [6.07, 6.45) is 2.13. The molecule has 1 aromatic heterocycles. The molecule has 3 heteroatoms. The second-order valence-electron chi connectivity index (χ2n) is 7.08. The summed E-state index contributed by atoms with van der Waals surface area (Å²) < 4.78 is 2.22. The van der Waals surface area contributed by atoms with Crippen LogP contribution in [0.4, 0.5) is 0 Å². The van der Waals surface area contributed by atoms with Gasteiger partial charge in [0.25, 0.3) is 0 Å². The second-order valence-corrected chi connectivity index (χ2v) is 12.5. The van der Waals surface area contributed by atoms with E-state index in [4.69, 9.17) is 0 Å². The van der Waals surface area contributed by atoms with Crippen LogP contribution in [-0.4, -0.2) is 8.07 Å². The van der Waals surface area contributed by atoms with Crippen molar-refractivity contribution in [1.29, 1.82) is 0 Å². The number of fused-ring (bicyclic) bond motifs is 2. The molecule has 4 rings (SSSR count). The number of benzene rings is 2. The fourth-order valence-corrected chi connectivity index (χ4v) is 9.17. The van der Waals surface area contributed by atoms with E-state index in [0.29, 0.717) is 0 Å². The van der Waals surface area contributed by atoms with Gasteiger partial charge in [-0.25, -0.2) is 4.57 Å². The second kappa shape index (κ2) is 5.61. The van der Waals surface area contributed by atoms with Gasteiger partial charge in [-0.2, -0.15) is 0 Å². The average molecular weight is 349 g/mol. The SMILES string of the molecule is Cc1cc2c(cc1-c1cccc[n+]1C)[Si](C)(C)c1ccccc1S2. The summed E-state index contributed by atoms with van der Waals surface area (Å²) in [5.41, 5.74) is 4.00.